The molecule has 0 bridgehead atoms. The largest absolute Gasteiger partial charge is 0.377 e. The van der Waals surface area contributed by atoms with Crippen molar-refractivity contribution in [2.75, 3.05) is 18.0 Å². The summed E-state index contributed by atoms with van der Waals surface area (Å²) < 4.78 is 1.00. The maximum Gasteiger partial charge on any atom is 0.129 e. The summed E-state index contributed by atoms with van der Waals surface area (Å²) in [5.74, 6) is 6.97. The Kier molecular flexibility index (Phi) is 4.91. The lowest BCUT2D eigenvalue weighted by Gasteiger charge is -2.35. The minimum Gasteiger partial charge on any atom is -0.377 e. The van der Waals surface area contributed by atoms with Gasteiger partial charge >= 0.3 is 0 Å². The maximum absolute atomic E-state index is 10.7. The van der Waals surface area contributed by atoms with Crippen LogP contribution in [0.25, 0.3) is 0 Å². The molecular formula is C18H16BrClN2O. The van der Waals surface area contributed by atoms with Gasteiger partial charge in [0.05, 0.1) is 0 Å². The van der Waals surface area contributed by atoms with E-state index in [1.807, 2.05) is 30.3 Å². The van der Waals surface area contributed by atoms with Crippen molar-refractivity contribution < 1.29 is 5.11 Å². The zero-order valence-electron chi connectivity index (χ0n) is 12.5. The van der Waals surface area contributed by atoms with Gasteiger partial charge in [0.15, 0.2) is 0 Å². The van der Waals surface area contributed by atoms with E-state index in [2.05, 4.69) is 37.7 Å². The fourth-order valence-corrected chi connectivity index (χ4v) is 3.07. The van der Waals surface area contributed by atoms with E-state index in [9.17, 15) is 5.11 Å². The van der Waals surface area contributed by atoms with E-state index in [4.69, 9.17) is 11.6 Å². The van der Waals surface area contributed by atoms with Crippen LogP contribution >= 0.6 is 27.5 Å². The maximum atomic E-state index is 10.7. The van der Waals surface area contributed by atoms with E-state index in [0.29, 0.717) is 17.9 Å². The van der Waals surface area contributed by atoms with E-state index in [0.717, 1.165) is 28.9 Å². The van der Waals surface area contributed by atoms with Crippen molar-refractivity contribution in [2.24, 2.45) is 0 Å². The lowest BCUT2D eigenvalue weighted by atomic mass is 9.91. The summed E-state index contributed by atoms with van der Waals surface area (Å²) >= 11 is 9.41. The van der Waals surface area contributed by atoms with Crippen LogP contribution in [0.5, 0.6) is 0 Å². The second-order valence-corrected chi connectivity index (χ2v) is 6.96. The third-order valence-corrected chi connectivity index (χ3v) is 4.61. The summed E-state index contributed by atoms with van der Waals surface area (Å²) in [6, 6.07) is 11.3. The van der Waals surface area contributed by atoms with E-state index in [-0.39, 0.29) is 0 Å². The van der Waals surface area contributed by atoms with E-state index in [1.165, 1.54) is 0 Å². The highest BCUT2D eigenvalue weighted by Gasteiger charge is 2.31. The number of benzene rings is 1. The van der Waals surface area contributed by atoms with Gasteiger partial charge in [-0.25, -0.2) is 4.98 Å². The van der Waals surface area contributed by atoms with Crippen LogP contribution in [0, 0.1) is 11.8 Å². The van der Waals surface area contributed by atoms with Gasteiger partial charge in [-0.2, -0.15) is 0 Å². The van der Waals surface area contributed by atoms with Crippen molar-refractivity contribution in [3.8, 4) is 11.8 Å². The van der Waals surface area contributed by atoms with Gasteiger partial charge in [0, 0.05) is 47.2 Å². The molecule has 0 aliphatic carbocycles. The first-order valence-electron chi connectivity index (χ1n) is 7.42. The lowest BCUT2D eigenvalue weighted by Crippen LogP contribution is -2.43. The number of hydrogen-bond donors (Lipinski definition) is 1. The van der Waals surface area contributed by atoms with Gasteiger partial charge in [-0.3, -0.25) is 0 Å². The first-order valence-corrected chi connectivity index (χ1v) is 8.59. The summed E-state index contributed by atoms with van der Waals surface area (Å²) in [5.41, 5.74) is -0.132. The highest BCUT2D eigenvalue weighted by molar-refractivity contribution is 9.10. The Morgan fingerprint density at radius 1 is 1.22 bits per heavy atom. The van der Waals surface area contributed by atoms with Crippen molar-refractivity contribution in [1.82, 2.24) is 4.98 Å². The summed E-state index contributed by atoms with van der Waals surface area (Å²) in [5, 5.41) is 11.3. The molecule has 0 saturated carbocycles. The quantitative estimate of drug-likeness (QED) is 0.750. The summed E-state index contributed by atoms with van der Waals surface area (Å²) in [6.45, 7) is 1.45. The molecule has 5 heteroatoms. The Balaban J connectivity index is 1.68. The van der Waals surface area contributed by atoms with Gasteiger partial charge in [0.2, 0.25) is 0 Å². The van der Waals surface area contributed by atoms with Gasteiger partial charge in [-0.1, -0.05) is 45.4 Å². The predicted molar refractivity (Wildman–Crippen MR) is 96.7 cm³/mol. The van der Waals surface area contributed by atoms with E-state index in [1.54, 1.807) is 12.3 Å². The molecule has 23 heavy (non-hydrogen) atoms. The first-order chi connectivity index (χ1) is 11.0. The second-order valence-electron chi connectivity index (χ2n) is 5.61. The molecule has 3 rings (SSSR count). The van der Waals surface area contributed by atoms with Gasteiger partial charge < -0.3 is 10.0 Å². The molecule has 0 spiro atoms. The molecule has 0 atom stereocenters. The fourth-order valence-electron chi connectivity index (χ4n) is 2.55. The van der Waals surface area contributed by atoms with Gasteiger partial charge in [0.25, 0.3) is 0 Å². The molecule has 118 valence electrons. The Bertz CT molecular complexity index is 761. The first kappa shape index (κ1) is 16.3. The van der Waals surface area contributed by atoms with Crippen LogP contribution in [0.3, 0.4) is 0 Å². The smallest absolute Gasteiger partial charge is 0.129 e. The molecule has 1 fully saturated rings. The van der Waals surface area contributed by atoms with Crippen LogP contribution in [-0.4, -0.2) is 28.8 Å². The molecule has 2 heterocycles. The molecule has 1 saturated heterocycles. The summed E-state index contributed by atoms with van der Waals surface area (Å²) in [4.78, 5) is 6.54. The molecule has 0 unspecified atom stereocenters. The molecular weight excluding hydrogens is 376 g/mol. The Morgan fingerprint density at radius 2 is 2.00 bits per heavy atom. The highest BCUT2D eigenvalue weighted by atomic mass is 79.9. The molecule has 0 radical (unpaired) electrons. The lowest BCUT2D eigenvalue weighted by molar-refractivity contribution is 0.0745. The monoisotopic (exact) mass is 390 g/mol. The number of aliphatic hydroxyl groups is 1. The van der Waals surface area contributed by atoms with Crippen molar-refractivity contribution >= 4 is 33.3 Å². The standard InChI is InChI=1S/C18H16BrClN2O/c19-15-5-9-21-17(13-15)22-10-7-18(23,8-11-22)6-4-14-2-1-3-16(20)12-14/h1-3,5,9,12-13,23H,7-8,10-11H2. The third kappa shape index (κ3) is 4.26. The van der Waals surface area contributed by atoms with E-state index < -0.39 is 5.60 Å². The third-order valence-electron chi connectivity index (χ3n) is 3.89. The van der Waals surface area contributed by atoms with Crippen LogP contribution in [0.1, 0.15) is 18.4 Å². The van der Waals surface area contributed by atoms with Crippen molar-refractivity contribution in [2.45, 2.75) is 18.4 Å². The summed E-state index contributed by atoms with van der Waals surface area (Å²) in [7, 11) is 0. The van der Waals surface area contributed by atoms with Crippen LogP contribution in [-0.2, 0) is 0 Å². The number of aromatic nitrogens is 1. The number of anilines is 1. The molecule has 3 nitrogen and oxygen atoms in total. The van der Waals surface area contributed by atoms with Gasteiger partial charge in [0.1, 0.15) is 11.4 Å². The Labute approximate surface area is 149 Å². The van der Waals surface area contributed by atoms with Crippen LogP contribution in [0.2, 0.25) is 5.02 Å². The molecule has 1 aromatic heterocycles. The van der Waals surface area contributed by atoms with Crippen molar-refractivity contribution in [1.29, 1.82) is 0 Å². The topological polar surface area (TPSA) is 36.4 Å². The number of halogens is 2. The molecule has 1 N–H and O–H groups in total. The normalized spacial score (nSPS) is 16.6. The highest BCUT2D eigenvalue weighted by Crippen LogP contribution is 2.26. The molecule has 0 amide bonds. The molecule has 1 aliphatic rings. The zero-order chi connectivity index (χ0) is 16.3. The van der Waals surface area contributed by atoms with Crippen LogP contribution in [0.15, 0.2) is 47.1 Å². The molecule has 1 aliphatic heterocycles. The average Bonchev–Trinajstić information content (AvgIpc) is 2.54. The van der Waals surface area contributed by atoms with Gasteiger partial charge in [-0.05, 0) is 30.3 Å². The second kappa shape index (κ2) is 6.92. The SMILES string of the molecule is OC1(C#Cc2cccc(Cl)c2)CCN(c2cc(Br)ccn2)CC1. The minimum absolute atomic E-state index is 0.592. The predicted octanol–water partition coefficient (Wildman–Crippen LogP) is 3.88. The number of hydrogen-bond acceptors (Lipinski definition) is 3. The van der Waals surface area contributed by atoms with Crippen LogP contribution < -0.4 is 4.90 Å². The Morgan fingerprint density at radius 3 is 2.70 bits per heavy atom. The number of pyridine rings is 1. The molecule has 1 aromatic carbocycles. The van der Waals surface area contributed by atoms with E-state index >= 15 is 0 Å². The van der Waals surface area contributed by atoms with Crippen molar-refractivity contribution in [3.63, 3.8) is 0 Å². The molecule has 2 aromatic rings. The average molecular weight is 392 g/mol. The van der Waals surface area contributed by atoms with Crippen LogP contribution in [0.4, 0.5) is 5.82 Å². The Hall–Kier alpha value is -1.54. The zero-order valence-corrected chi connectivity index (χ0v) is 14.8. The van der Waals surface area contributed by atoms with Gasteiger partial charge in [-0.15, -0.1) is 0 Å². The number of piperidine rings is 1. The number of rotatable bonds is 1. The fraction of sp³-hybridized carbons (Fsp3) is 0.278. The summed E-state index contributed by atoms with van der Waals surface area (Å²) in [6.07, 6.45) is 2.96. The number of nitrogens with zero attached hydrogens (tertiary/aromatic N) is 2. The minimum atomic E-state index is -0.954. The van der Waals surface area contributed by atoms with Crippen molar-refractivity contribution in [3.05, 3.63) is 57.7 Å².